The zero-order valence-corrected chi connectivity index (χ0v) is 11.1. The van der Waals surface area contributed by atoms with Crippen LogP contribution >= 0.6 is 0 Å². The Labute approximate surface area is 103 Å². The van der Waals surface area contributed by atoms with E-state index in [0.29, 0.717) is 12.5 Å². The number of methoxy groups -OCH3 is 1. The van der Waals surface area contributed by atoms with Crippen LogP contribution in [0, 0.1) is 0 Å². The summed E-state index contributed by atoms with van der Waals surface area (Å²) in [6, 6.07) is 3.91. The Kier molecular flexibility index (Phi) is 5.38. The van der Waals surface area contributed by atoms with E-state index in [1.165, 1.54) is 0 Å². The van der Waals surface area contributed by atoms with E-state index in [-0.39, 0.29) is 5.60 Å². The van der Waals surface area contributed by atoms with Gasteiger partial charge in [-0.1, -0.05) is 6.07 Å². The standard InChI is InChI=1S/C13H22N2O2/c1-13(2,16-4)7-8-17-12-6-5-11(9-14-3)10-15-12/h5-6,10,14H,7-9H2,1-4H3. The first-order valence-electron chi connectivity index (χ1n) is 5.85. The van der Waals surface area contributed by atoms with Crippen LogP contribution in [0.5, 0.6) is 5.88 Å². The summed E-state index contributed by atoms with van der Waals surface area (Å²) in [7, 11) is 3.63. The van der Waals surface area contributed by atoms with Gasteiger partial charge in [0.2, 0.25) is 5.88 Å². The van der Waals surface area contributed by atoms with Gasteiger partial charge in [0, 0.05) is 32.3 Å². The van der Waals surface area contributed by atoms with Crippen molar-refractivity contribution in [1.29, 1.82) is 0 Å². The summed E-state index contributed by atoms with van der Waals surface area (Å²) >= 11 is 0. The van der Waals surface area contributed by atoms with Crippen LogP contribution in [0.25, 0.3) is 0 Å². The lowest BCUT2D eigenvalue weighted by atomic mass is 10.1. The predicted octanol–water partition coefficient (Wildman–Crippen LogP) is 1.99. The number of rotatable bonds is 7. The van der Waals surface area contributed by atoms with Gasteiger partial charge >= 0.3 is 0 Å². The lowest BCUT2D eigenvalue weighted by Crippen LogP contribution is -2.25. The van der Waals surface area contributed by atoms with E-state index in [2.05, 4.69) is 10.3 Å². The molecule has 4 heteroatoms. The molecule has 1 N–H and O–H groups in total. The van der Waals surface area contributed by atoms with E-state index < -0.39 is 0 Å². The van der Waals surface area contributed by atoms with E-state index in [0.717, 1.165) is 18.5 Å². The van der Waals surface area contributed by atoms with Gasteiger partial charge in [0.1, 0.15) is 0 Å². The molecule has 0 atom stereocenters. The van der Waals surface area contributed by atoms with Crippen molar-refractivity contribution in [3.05, 3.63) is 23.9 Å². The highest BCUT2D eigenvalue weighted by Gasteiger charge is 2.15. The van der Waals surface area contributed by atoms with E-state index in [9.17, 15) is 0 Å². The summed E-state index contributed by atoms with van der Waals surface area (Å²) in [5, 5.41) is 3.08. The van der Waals surface area contributed by atoms with Crippen LogP contribution in [0.1, 0.15) is 25.8 Å². The van der Waals surface area contributed by atoms with Crippen molar-refractivity contribution in [3.63, 3.8) is 0 Å². The topological polar surface area (TPSA) is 43.4 Å². The monoisotopic (exact) mass is 238 g/mol. The van der Waals surface area contributed by atoms with Crippen molar-refractivity contribution < 1.29 is 9.47 Å². The molecule has 0 fully saturated rings. The fourth-order valence-corrected chi connectivity index (χ4v) is 1.31. The van der Waals surface area contributed by atoms with Crippen molar-refractivity contribution in [1.82, 2.24) is 10.3 Å². The maximum Gasteiger partial charge on any atom is 0.213 e. The van der Waals surface area contributed by atoms with Crippen molar-refractivity contribution in [2.24, 2.45) is 0 Å². The number of hydrogen-bond donors (Lipinski definition) is 1. The van der Waals surface area contributed by atoms with Gasteiger partial charge < -0.3 is 14.8 Å². The number of hydrogen-bond acceptors (Lipinski definition) is 4. The van der Waals surface area contributed by atoms with Crippen molar-refractivity contribution in [3.8, 4) is 5.88 Å². The second-order valence-electron chi connectivity index (χ2n) is 4.60. The second kappa shape index (κ2) is 6.57. The molecule has 4 nitrogen and oxygen atoms in total. The molecule has 96 valence electrons. The number of nitrogens with zero attached hydrogens (tertiary/aromatic N) is 1. The molecule has 1 heterocycles. The highest BCUT2D eigenvalue weighted by Crippen LogP contribution is 2.14. The molecule has 0 aliphatic rings. The van der Waals surface area contributed by atoms with Gasteiger partial charge in [0.05, 0.1) is 12.2 Å². The zero-order valence-electron chi connectivity index (χ0n) is 11.1. The van der Waals surface area contributed by atoms with Gasteiger partial charge in [-0.2, -0.15) is 0 Å². The zero-order chi connectivity index (χ0) is 12.7. The number of nitrogens with one attached hydrogen (secondary N) is 1. The largest absolute Gasteiger partial charge is 0.478 e. The van der Waals surface area contributed by atoms with Gasteiger partial charge in [-0.15, -0.1) is 0 Å². The summed E-state index contributed by atoms with van der Waals surface area (Å²) < 4.78 is 10.9. The molecule has 0 aromatic carbocycles. The van der Waals surface area contributed by atoms with E-state index in [4.69, 9.17) is 9.47 Å². The molecule has 0 saturated carbocycles. The average molecular weight is 238 g/mol. The third kappa shape index (κ3) is 5.15. The molecule has 0 radical (unpaired) electrons. The first kappa shape index (κ1) is 13.9. The molecule has 17 heavy (non-hydrogen) atoms. The minimum absolute atomic E-state index is 0.147. The van der Waals surface area contributed by atoms with Crippen LogP contribution in [0.15, 0.2) is 18.3 Å². The minimum Gasteiger partial charge on any atom is -0.478 e. The molecular formula is C13H22N2O2. The fraction of sp³-hybridized carbons (Fsp3) is 0.615. The number of pyridine rings is 1. The molecule has 1 aromatic rings. The second-order valence-corrected chi connectivity index (χ2v) is 4.60. The van der Waals surface area contributed by atoms with Gasteiger partial charge in [0.25, 0.3) is 0 Å². The van der Waals surface area contributed by atoms with Gasteiger partial charge in [-0.25, -0.2) is 4.98 Å². The summed E-state index contributed by atoms with van der Waals surface area (Å²) in [5.41, 5.74) is 1.00. The molecule has 0 unspecified atom stereocenters. The quantitative estimate of drug-likeness (QED) is 0.789. The van der Waals surface area contributed by atoms with Crippen LogP contribution < -0.4 is 10.1 Å². The van der Waals surface area contributed by atoms with Crippen molar-refractivity contribution in [2.75, 3.05) is 20.8 Å². The van der Waals surface area contributed by atoms with Gasteiger partial charge in [-0.3, -0.25) is 0 Å². The Morgan fingerprint density at radius 2 is 2.12 bits per heavy atom. The first-order valence-corrected chi connectivity index (χ1v) is 5.85. The molecule has 1 rings (SSSR count). The molecule has 0 saturated heterocycles. The summed E-state index contributed by atoms with van der Waals surface area (Å²) in [5.74, 6) is 0.664. The van der Waals surface area contributed by atoms with Crippen LogP contribution in [0.3, 0.4) is 0 Å². The summed E-state index contributed by atoms with van der Waals surface area (Å²) in [6.07, 6.45) is 2.66. The van der Waals surface area contributed by atoms with Crippen LogP contribution in [0.2, 0.25) is 0 Å². The van der Waals surface area contributed by atoms with Crippen molar-refractivity contribution >= 4 is 0 Å². The molecule has 0 aliphatic carbocycles. The third-order valence-electron chi connectivity index (χ3n) is 2.69. The van der Waals surface area contributed by atoms with E-state index in [1.54, 1.807) is 7.11 Å². The van der Waals surface area contributed by atoms with Crippen LogP contribution in [0.4, 0.5) is 0 Å². The van der Waals surface area contributed by atoms with E-state index >= 15 is 0 Å². The van der Waals surface area contributed by atoms with Crippen molar-refractivity contribution in [2.45, 2.75) is 32.4 Å². The Morgan fingerprint density at radius 3 is 2.65 bits per heavy atom. The van der Waals surface area contributed by atoms with Crippen LogP contribution in [-0.2, 0) is 11.3 Å². The average Bonchev–Trinajstić information content (AvgIpc) is 2.32. The third-order valence-corrected chi connectivity index (χ3v) is 2.69. The highest BCUT2D eigenvalue weighted by molar-refractivity contribution is 5.17. The van der Waals surface area contributed by atoms with Gasteiger partial charge in [0.15, 0.2) is 0 Å². The maximum absolute atomic E-state index is 5.57. The molecule has 0 spiro atoms. The Bertz CT molecular complexity index is 323. The summed E-state index contributed by atoms with van der Waals surface area (Å²) in [4.78, 5) is 4.24. The highest BCUT2D eigenvalue weighted by atomic mass is 16.5. The SMILES string of the molecule is CNCc1ccc(OCCC(C)(C)OC)nc1. The Hall–Kier alpha value is -1.13. The summed E-state index contributed by atoms with van der Waals surface area (Å²) in [6.45, 7) is 5.52. The molecular weight excluding hydrogens is 216 g/mol. The van der Waals surface area contributed by atoms with Gasteiger partial charge in [-0.05, 0) is 26.5 Å². The molecule has 0 bridgehead atoms. The Balaban J connectivity index is 2.37. The molecule has 1 aromatic heterocycles. The number of aromatic nitrogens is 1. The maximum atomic E-state index is 5.57. The number of ether oxygens (including phenoxy) is 2. The normalized spacial score (nSPS) is 11.5. The lowest BCUT2D eigenvalue weighted by molar-refractivity contribution is 0.00508. The first-order chi connectivity index (χ1) is 8.07. The minimum atomic E-state index is -0.147. The fourth-order valence-electron chi connectivity index (χ4n) is 1.31. The molecule has 0 aliphatic heterocycles. The lowest BCUT2D eigenvalue weighted by Gasteiger charge is -2.22. The van der Waals surface area contributed by atoms with Crippen LogP contribution in [-0.4, -0.2) is 31.3 Å². The smallest absolute Gasteiger partial charge is 0.213 e. The Morgan fingerprint density at radius 1 is 1.35 bits per heavy atom. The molecule has 0 amide bonds. The predicted molar refractivity (Wildman–Crippen MR) is 68.2 cm³/mol. The van der Waals surface area contributed by atoms with E-state index in [1.807, 2.05) is 39.2 Å².